The topological polar surface area (TPSA) is 46.2 Å². The van der Waals surface area contributed by atoms with Crippen LogP contribution in [0.15, 0.2) is 18.2 Å². The first-order valence-corrected chi connectivity index (χ1v) is 6.86. The summed E-state index contributed by atoms with van der Waals surface area (Å²) >= 11 is 1.84. The third-order valence-corrected chi connectivity index (χ3v) is 4.81. The molecule has 0 spiro atoms. The zero-order chi connectivity index (χ0) is 11.9. The van der Waals surface area contributed by atoms with Crippen molar-refractivity contribution in [3.63, 3.8) is 0 Å². The molecule has 0 amide bonds. The van der Waals surface area contributed by atoms with Crippen molar-refractivity contribution < 1.29 is 5.11 Å². The second kappa shape index (κ2) is 3.97. The van der Waals surface area contributed by atoms with Gasteiger partial charge in [0.15, 0.2) is 0 Å². The van der Waals surface area contributed by atoms with E-state index in [9.17, 15) is 5.11 Å². The van der Waals surface area contributed by atoms with E-state index in [2.05, 4.69) is 20.1 Å². The minimum atomic E-state index is -0.0694. The third-order valence-electron chi connectivity index (χ3n) is 3.75. The zero-order valence-electron chi connectivity index (χ0n) is 10.0. The van der Waals surface area contributed by atoms with Gasteiger partial charge < -0.3 is 10.8 Å². The van der Waals surface area contributed by atoms with Crippen molar-refractivity contribution in [2.45, 2.75) is 37.0 Å². The summed E-state index contributed by atoms with van der Waals surface area (Å²) in [5.41, 5.74) is 8.78. The van der Waals surface area contributed by atoms with Crippen LogP contribution in [0.1, 0.15) is 25.0 Å². The van der Waals surface area contributed by atoms with E-state index in [1.807, 2.05) is 23.9 Å². The molecular formula is C13H19NOS. The Kier molecular flexibility index (Phi) is 2.93. The highest BCUT2D eigenvalue weighted by Crippen LogP contribution is 2.40. The second-order valence-electron chi connectivity index (χ2n) is 5.07. The van der Waals surface area contributed by atoms with Crippen LogP contribution >= 0.6 is 11.8 Å². The molecule has 0 aromatic heterocycles. The van der Waals surface area contributed by atoms with Crippen LogP contribution in [0.2, 0.25) is 0 Å². The molecule has 0 saturated carbocycles. The first-order chi connectivity index (χ1) is 7.46. The molecule has 0 bridgehead atoms. The quantitative estimate of drug-likeness (QED) is 0.787. The Morgan fingerprint density at radius 1 is 1.44 bits per heavy atom. The summed E-state index contributed by atoms with van der Waals surface area (Å²) in [7, 11) is 0. The lowest BCUT2D eigenvalue weighted by atomic mass is 9.69. The molecule has 0 unspecified atom stereocenters. The fraction of sp³-hybridized carbons (Fsp3) is 0.538. The average Bonchev–Trinajstić information content (AvgIpc) is 2.25. The van der Waals surface area contributed by atoms with E-state index in [0.717, 1.165) is 6.42 Å². The highest BCUT2D eigenvalue weighted by Gasteiger charge is 2.39. The molecule has 1 aromatic carbocycles. The van der Waals surface area contributed by atoms with Crippen molar-refractivity contribution in [3.8, 4) is 5.75 Å². The van der Waals surface area contributed by atoms with Gasteiger partial charge in [-0.3, -0.25) is 0 Å². The SMILES string of the molecule is CS[C@@H]1Cc2ccc(O)cc2C(C)(C)[C@@H]1N. The Morgan fingerprint density at radius 2 is 2.12 bits per heavy atom. The number of hydrogen-bond donors (Lipinski definition) is 2. The summed E-state index contributed by atoms with van der Waals surface area (Å²) in [5.74, 6) is 0.335. The Labute approximate surface area is 101 Å². The number of nitrogens with two attached hydrogens (primary N) is 1. The van der Waals surface area contributed by atoms with Gasteiger partial charge in [-0.15, -0.1) is 0 Å². The predicted octanol–water partition coefficient (Wildman–Crippen LogP) is 2.28. The van der Waals surface area contributed by atoms with Crippen LogP contribution in [-0.4, -0.2) is 22.7 Å². The van der Waals surface area contributed by atoms with Crippen LogP contribution in [0.5, 0.6) is 5.75 Å². The van der Waals surface area contributed by atoms with E-state index in [-0.39, 0.29) is 11.5 Å². The molecule has 1 aliphatic carbocycles. The van der Waals surface area contributed by atoms with Gasteiger partial charge in [0.1, 0.15) is 5.75 Å². The monoisotopic (exact) mass is 237 g/mol. The summed E-state index contributed by atoms with van der Waals surface area (Å²) < 4.78 is 0. The normalized spacial score (nSPS) is 27.5. The first-order valence-electron chi connectivity index (χ1n) is 5.57. The molecular weight excluding hydrogens is 218 g/mol. The van der Waals surface area contributed by atoms with E-state index < -0.39 is 0 Å². The van der Waals surface area contributed by atoms with E-state index >= 15 is 0 Å². The van der Waals surface area contributed by atoms with Gasteiger partial charge in [0.05, 0.1) is 0 Å². The number of thioether (sulfide) groups is 1. The molecule has 3 heteroatoms. The number of phenols is 1. The van der Waals surface area contributed by atoms with Crippen LogP contribution in [0.4, 0.5) is 0 Å². The maximum absolute atomic E-state index is 9.58. The number of benzene rings is 1. The Morgan fingerprint density at radius 3 is 2.75 bits per heavy atom. The van der Waals surface area contributed by atoms with Crippen LogP contribution in [0.25, 0.3) is 0 Å². The summed E-state index contributed by atoms with van der Waals surface area (Å²) in [6.07, 6.45) is 3.12. The molecule has 1 aliphatic rings. The largest absolute Gasteiger partial charge is 0.508 e. The fourth-order valence-corrected chi connectivity index (χ4v) is 3.54. The lowest BCUT2D eigenvalue weighted by Gasteiger charge is -2.42. The molecule has 0 fully saturated rings. The number of rotatable bonds is 1. The van der Waals surface area contributed by atoms with E-state index in [0.29, 0.717) is 11.0 Å². The molecule has 2 nitrogen and oxygen atoms in total. The van der Waals surface area contributed by atoms with Crippen molar-refractivity contribution in [1.82, 2.24) is 0 Å². The van der Waals surface area contributed by atoms with Gasteiger partial charge in [-0.2, -0.15) is 11.8 Å². The summed E-state index contributed by atoms with van der Waals surface area (Å²) in [6, 6.07) is 5.80. The van der Waals surface area contributed by atoms with Crippen molar-refractivity contribution in [2.24, 2.45) is 5.73 Å². The Hall–Kier alpha value is -0.670. The van der Waals surface area contributed by atoms with Crippen LogP contribution < -0.4 is 5.73 Å². The predicted molar refractivity (Wildman–Crippen MR) is 70.1 cm³/mol. The molecule has 2 atom stereocenters. The summed E-state index contributed by atoms with van der Waals surface area (Å²) in [5, 5.41) is 10.0. The van der Waals surface area contributed by atoms with Crippen molar-refractivity contribution in [1.29, 1.82) is 0 Å². The molecule has 0 saturated heterocycles. The molecule has 0 aliphatic heterocycles. The number of aromatic hydroxyl groups is 1. The van der Waals surface area contributed by atoms with Gasteiger partial charge in [0.25, 0.3) is 0 Å². The summed E-state index contributed by atoms with van der Waals surface area (Å²) in [6.45, 7) is 4.33. The van der Waals surface area contributed by atoms with Crippen LogP contribution in [0, 0.1) is 0 Å². The molecule has 0 radical (unpaired) electrons. The van der Waals surface area contributed by atoms with Gasteiger partial charge in [-0.25, -0.2) is 0 Å². The highest BCUT2D eigenvalue weighted by atomic mass is 32.2. The lowest BCUT2D eigenvalue weighted by Crippen LogP contribution is -2.52. The first kappa shape index (κ1) is 11.8. The van der Waals surface area contributed by atoms with Gasteiger partial charge >= 0.3 is 0 Å². The van der Waals surface area contributed by atoms with Crippen molar-refractivity contribution in [2.75, 3.05) is 6.26 Å². The van der Waals surface area contributed by atoms with Crippen molar-refractivity contribution >= 4 is 11.8 Å². The number of phenolic OH excluding ortho intramolecular Hbond substituents is 1. The molecule has 16 heavy (non-hydrogen) atoms. The molecule has 1 aromatic rings. The second-order valence-corrected chi connectivity index (χ2v) is 6.14. The molecule has 3 N–H and O–H groups in total. The van der Waals surface area contributed by atoms with E-state index in [4.69, 9.17) is 5.73 Å². The molecule has 88 valence electrons. The smallest absolute Gasteiger partial charge is 0.115 e. The highest BCUT2D eigenvalue weighted by molar-refractivity contribution is 7.99. The third kappa shape index (κ3) is 1.72. The number of fused-ring (bicyclic) bond motifs is 1. The number of hydrogen-bond acceptors (Lipinski definition) is 3. The van der Waals surface area contributed by atoms with Crippen molar-refractivity contribution in [3.05, 3.63) is 29.3 Å². The Bertz CT molecular complexity index is 403. The van der Waals surface area contributed by atoms with Crippen LogP contribution in [-0.2, 0) is 11.8 Å². The summed E-state index contributed by atoms with van der Waals surface area (Å²) in [4.78, 5) is 0. The lowest BCUT2D eigenvalue weighted by molar-refractivity contribution is 0.369. The van der Waals surface area contributed by atoms with Gasteiger partial charge in [-0.05, 0) is 35.9 Å². The average molecular weight is 237 g/mol. The van der Waals surface area contributed by atoms with Crippen LogP contribution in [0.3, 0.4) is 0 Å². The fourth-order valence-electron chi connectivity index (χ4n) is 2.56. The molecule has 0 heterocycles. The van der Waals surface area contributed by atoms with Gasteiger partial charge in [0, 0.05) is 16.7 Å². The van der Waals surface area contributed by atoms with Gasteiger partial charge in [0.2, 0.25) is 0 Å². The molecule has 2 rings (SSSR count). The maximum atomic E-state index is 9.58. The minimum Gasteiger partial charge on any atom is -0.508 e. The maximum Gasteiger partial charge on any atom is 0.115 e. The Balaban J connectivity index is 2.52. The zero-order valence-corrected chi connectivity index (χ0v) is 10.8. The van der Waals surface area contributed by atoms with E-state index in [1.54, 1.807) is 6.07 Å². The van der Waals surface area contributed by atoms with Gasteiger partial charge in [-0.1, -0.05) is 19.9 Å². The minimum absolute atomic E-state index is 0.0694. The standard InChI is InChI=1S/C13H19NOS/c1-13(2)10-7-9(15)5-4-8(10)6-11(16-3)12(13)14/h4-5,7,11-12,15H,6,14H2,1-3H3/t11-,12-/m1/s1. The van der Waals surface area contributed by atoms with E-state index in [1.165, 1.54) is 11.1 Å².